The molecule has 2 fully saturated rings. The fraction of sp³-hybridized carbons (Fsp3) is 0.406. The highest BCUT2D eigenvalue weighted by atomic mass is 16.5. The number of ether oxygens (including phenoxy) is 1. The lowest BCUT2D eigenvalue weighted by Gasteiger charge is -2.19. The van der Waals surface area contributed by atoms with E-state index in [4.69, 9.17) is 15.9 Å². The molecule has 1 saturated heterocycles. The van der Waals surface area contributed by atoms with Crippen molar-refractivity contribution in [1.29, 1.82) is 5.41 Å². The summed E-state index contributed by atoms with van der Waals surface area (Å²) in [6.07, 6.45) is 7.23. The number of aromatic nitrogens is 3. The van der Waals surface area contributed by atoms with Crippen molar-refractivity contribution in [2.45, 2.75) is 25.8 Å². The molecule has 226 valence electrons. The number of nitrogens with zero attached hydrogens (tertiary/aromatic N) is 6. The first-order valence-electron chi connectivity index (χ1n) is 14.6. The van der Waals surface area contributed by atoms with Gasteiger partial charge < -0.3 is 25.6 Å². The van der Waals surface area contributed by atoms with Crippen LogP contribution in [0.1, 0.15) is 35.1 Å². The summed E-state index contributed by atoms with van der Waals surface area (Å²) >= 11 is 0. The minimum Gasteiger partial charge on any atom is -0.481 e. The van der Waals surface area contributed by atoms with Crippen molar-refractivity contribution in [1.82, 2.24) is 24.6 Å². The zero-order valence-electron chi connectivity index (χ0n) is 25.5. The number of nitrogen functional groups attached to an aromatic ring is 1. The van der Waals surface area contributed by atoms with E-state index in [9.17, 15) is 4.79 Å². The Hall–Kier alpha value is -4.51. The van der Waals surface area contributed by atoms with Gasteiger partial charge in [0.2, 0.25) is 11.8 Å². The molecule has 1 aromatic carbocycles. The molecular weight excluding hydrogens is 542 g/mol. The molecule has 2 aliphatic rings. The van der Waals surface area contributed by atoms with Crippen LogP contribution in [0.3, 0.4) is 0 Å². The molecule has 11 nitrogen and oxygen atoms in total. The molecule has 1 amide bonds. The Labute approximate surface area is 253 Å². The van der Waals surface area contributed by atoms with E-state index in [1.54, 1.807) is 31.1 Å². The molecule has 0 bridgehead atoms. The van der Waals surface area contributed by atoms with Gasteiger partial charge in [0, 0.05) is 56.1 Å². The number of fused-ring (bicyclic) bond motifs is 1. The molecule has 3 aromatic rings. The Balaban J connectivity index is 1.26. The SMILES string of the molecule is COC(=Nc1cc(C)ccn1)c1ccc(C(=N)c2c(NC3CC4CN(C(=O)/C=C/CN(C)C)CC4C3)nn(C)c2N)cc1. The fourth-order valence-electron chi connectivity index (χ4n) is 5.98. The van der Waals surface area contributed by atoms with Crippen molar-refractivity contribution >= 4 is 35.0 Å². The Bertz CT molecular complexity index is 1530. The number of hydrogen-bond acceptors (Lipinski definition) is 9. The molecular formula is C32H41N9O2. The standard InChI is InChI=1S/C32H41N9O2/c1-20-12-13-35-26(15-20)37-32(43-5)22-10-8-21(9-11-22)29(33)28-30(34)40(4)38-31(28)36-25-16-23-18-41(19-24(23)17-25)27(42)7-6-14-39(2)3/h6-13,15,23-25,33H,14,16-19,34H2,1-5H3,(H,36,38)/b7-6+,33-29?,37-32?. The number of methoxy groups -OCH3 is 1. The average molecular weight is 584 g/mol. The third-order valence-electron chi connectivity index (χ3n) is 8.21. The number of amides is 1. The molecule has 0 spiro atoms. The van der Waals surface area contributed by atoms with E-state index in [1.807, 2.05) is 73.3 Å². The van der Waals surface area contributed by atoms with Crippen LogP contribution in [-0.4, -0.2) is 89.0 Å². The highest BCUT2D eigenvalue weighted by Gasteiger charge is 2.42. The highest BCUT2D eigenvalue weighted by Crippen LogP contribution is 2.40. The van der Waals surface area contributed by atoms with Crippen molar-refractivity contribution in [2.24, 2.45) is 23.9 Å². The van der Waals surface area contributed by atoms with Gasteiger partial charge in [-0.2, -0.15) is 10.1 Å². The second-order valence-corrected chi connectivity index (χ2v) is 11.7. The number of carbonyl (C=O) groups is 1. The molecule has 0 radical (unpaired) electrons. The van der Waals surface area contributed by atoms with Gasteiger partial charge in [0.15, 0.2) is 11.6 Å². The molecule has 3 heterocycles. The van der Waals surface area contributed by atoms with Crippen LogP contribution < -0.4 is 11.1 Å². The maximum absolute atomic E-state index is 12.6. The third-order valence-corrected chi connectivity index (χ3v) is 8.21. The summed E-state index contributed by atoms with van der Waals surface area (Å²) in [5, 5.41) is 17.3. The minimum absolute atomic E-state index is 0.0933. The number of nitrogens with two attached hydrogens (primary N) is 1. The normalized spacial score (nSPS) is 20.2. The number of carbonyl (C=O) groups excluding carboxylic acids is 1. The average Bonchev–Trinajstić information content (AvgIpc) is 3.62. The molecule has 1 saturated carbocycles. The van der Waals surface area contributed by atoms with Gasteiger partial charge >= 0.3 is 0 Å². The zero-order chi connectivity index (χ0) is 30.7. The third kappa shape index (κ3) is 6.77. The largest absolute Gasteiger partial charge is 0.481 e. The first-order valence-corrected chi connectivity index (χ1v) is 14.6. The van der Waals surface area contributed by atoms with Crippen LogP contribution in [0.25, 0.3) is 0 Å². The number of benzene rings is 1. The van der Waals surface area contributed by atoms with E-state index in [0.717, 1.165) is 43.6 Å². The van der Waals surface area contributed by atoms with Gasteiger partial charge in [0.05, 0.1) is 18.4 Å². The number of aliphatic imine (C=N–C) groups is 1. The van der Waals surface area contributed by atoms with Crippen LogP contribution >= 0.6 is 0 Å². The lowest BCUT2D eigenvalue weighted by Crippen LogP contribution is -2.30. The van der Waals surface area contributed by atoms with E-state index >= 15 is 0 Å². The maximum atomic E-state index is 12.6. The van der Waals surface area contributed by atoms with Gasteiger partial charge in [-0.25, -0.2) is 4.98 Å². The molecule has 4 N–H and O–H groups in total. The second kappa shape index (κ2) is 12.8. The van der Waals surface area contributed by atoms with E-state index < -0.39 is 0 Å². The highest BCUT2D eigenvalue weighted by molar-refractivity contribution is 6.16. The Morgan fingerprint density at radius 1 is 1.19 bits per heavy atom. The molecule has 43 heavy (non-hydrogen) atoms. The lowest BCUT2D eigenvalue weighted by molar-refractivity contribution is -0.125. The van der Waals surface area contributed by atoms with Crippen molar-refractivity contribution in [2.75, 3.05) is 51.9 Å². The molecule has 1 aliphatic heterocycles. The molecule has 5 rings (SSSR count). The topological polar surface area (TPSA) is 138 Å². The van der Waals surface area contributed by atoms with Crippen molar-refractivity contribution in [3.8, 4) is 0 Å². The van der Waals surface area contributed by atoms with Crippen molar-refractivity contribution in [3.63, 3.8) is 0 Å². The van der Waals surface area contributed by atoms with Crippen molar-refractivity contribution in [3.05, 3.63) is 77.0 Å². The summed E-state index contributed by atoms with van der Waals surface area (Å²) in [6, 6.07) is 11.5. The number of likely N-dealkylation sites (tertiary alicyclic amines) is 1. The molecule has 2 aromatic heterocycles. The number of hydrogen-bond donors (Lipinski definition) is 3. The van der Waals surface area contributed by atoms with E-state index in [0.29, 0.717) is 46.3 Å². The number of likely N-dealkylation sites (N-methyl/N-ethyl adjacent to an activating group) is 1. The van der Waals surface area contributed by atoms with Gasteiger partial charge in [-0.1, -0.05) is 18.2 Å². The van der Waals surface area contributed by atoms with Gasteiger partial charge in [-0.05, 0) is 75.5 Å². The number of anilines is 2. The quantitative estimate of drug-likeness (QED) is 0.199. The van der Waals surface area contributed by atoms with Gasteiger partial charge in [-0.3, -0.25) is 14.9 Å². The summed E-state index contributed by atoms with van der Waals surface area (Å²) in [7, 11) is 7.34. The first kappa shape index (κ1) is 30.0. The van der Waals surface area contributed by atoms with Gasteiger partial charge in [-0.15, -0.1) is 0 Å². The molecule has 2 unspecified atom stereocenters. The zero-order valence-corrected chi connectivity index (χ0v) is 25.5. The first-order chi connectivity index (χ1) is 20.6. The number of pyridine rings is 1. The summed E-state index contributed by atoms with van der Waals surface area (Å²) in [4.78, 5) is 25.5. The summed E-state index contributed by atoms with van der Waals surface area (Å²) in [6.45, 7) is 4.30. The van der Waals surface area contributed by atoms with Crippen molar-refractivity contribution < 1.29 is 9.53 Å². The Morgan fingerprint density at radius 2 is 1.86 bits per heavy atom. The Morgan fingerprint density at radius 3 is 2.49 bits per heavy atom. The monoisotopic (exact) mass is 583 g/mol. The Kier molecular flexibility index (Phi) is 8.91. The summed E-state index contributed by atoms with van der Waals surface area (Å²) in [5.74, 6) is 3.05. The maximum Gasteiger partial charge on any atom is 0.246 e. The van der Waals surface area contributed by atoms with E-state index in [2.05, 4.69) is 20.4 Å². The van der Waals surface area contributed by atoms with E-state index in [-0.39, 0.29) is 17.7 Å². The van der Waals surface area contributed by atoms with Crippen LogP contribution in [0.4, 0.5) is 17.5 Å². The van der Waals surface area contributed by atoms with Crippen LogP contribution in [-0.2, 0) is 16.6 Å². The fourth-order valence-corrected chi connectivity index (χ4v) is 5.98. The second-order valence-electron chi connectivity index (χ2n) is 11.7. The number of nitrogens with one attached hydrogen (secondary N) is 2. The lowest BCUT2D eigenvalue weighted by atomic mass is 10.0. The van der Waals surface area contributed by atoms with Crippen LogP contribution in [0.5, 0.6) is 0 Å². The molecule has 11 heteroatoms. The number of rotatable bonds is 9. The van der Waals surface area contributed by atoms with Crippen LogP contribution in [0.2, 0.25) is 0 Å². The van der Waals surface area contributed by atoms with Gasteiger partial charge in [0.25, 0.3) is 0 Å². The van der Waals surface area contributed by atoms with E-state index in [1.165, 1.54) is 0 Å². The van der Waals surface area contributed by atoms with Crippen LogP contribution in [0.15, 0.2) is 59.7 Å². The molecule has 2 atom stereocenters. The van der Waals surface area contributed by atoms with Gasteiger partial charge in [0.1, 0.15) is 5.82 Å². The number of aryl methyl sites for hydroxylation is 2. The predicted molar refractivity (Wildman–Crippen MR) is 170 cm³/mol. The smallest absolute Gasteiger partial charge is 0.246 e. The van der Waals surface area contributed by atoms with Crippen LogP contribution in [0, 0.1) is 24.2 Å². The minimum atomic E-state index is 0.0933. The predicted octanol–water partition coefficient (Wildman–Crippen LogP) is 3.61. The summed E-state index contributed by atoms with van der Waals surface area (Å²) < 4.78 is 7.16. The summed E-state index contributed by atoms with van der Waals surface area (Å²) in [5.41, 5.74) is 9.85. The molecule has 1 aliphatic carbocycles.